The number of carbonyl (C=O) groups excluding carboxylic acids is 1. The summed E-state index contributed by atoms with van der Waals surface area (Å²) in [6, 6.07) is 25.3. The molecule has 1 fully saturated rings. The molecular formula is C44H64N2O6Si. The normalized spacial score (nSPS) is 19.1. The minimum atomic E-state index is -2.37. The molecule has 2 aliphatic heterocycles. The number of likely N-dealkylation sites (tertiary alicyclic amines) is 1. The van der Waals surface area contributed by atoms with Gasteiger partial charge in [-0.2, -0.15) is 0 Å². The smallest absolute Gasteiger partial charge is 0.410 e. The lowest BCUT2D eigenvalue weighted by atomic mass is 9.84. The standard InChI is InChI=1S/C44H64N2O6Si/c1-9-14-35-17-20-38(21-18-35)43-41(50-31-37-19-22-40-39(27-37)45(24-26-49-40)23-13-25-48-8)28-46(44(47)51-30-36-15-11-10-12-16-36)29-42(43)52-53(32(2)3,33(4)5)34(6)7/h10-12,15-22,27,32-34,41-43H,9,13-14,23-26,28-31H2,1-8H3/t41-,42+,43+/m0/s1. The molecule has 0 N–H and O–H groups in total. The van der Waals surface area contributed by atoms with Gasteiger partial charge in [0.05, 0.1) is 37.6 Å². The van der Waals surface area contributed by atoms with Crippen molar-refractivity contribution in [2.45, 2.75) is 116 Å². The van der Waals surface area contributed by atoms with Gasteiger partial charge in [-0.25, -0.2) is 4.79 Å². The molecule has 0 aliphatic carbocycles. The molecule has 8 nitrogen and oxygen atoms in total. The van der Waals surface area contributed by atoms with Gasteiger partial charge >= 0.3 is 6.09 Å². The van der Waals surface area contributed by atoms with E-state index in [1.165, 1.54) is 11.1 Å². The summed E-state index contributed by atoms with van der Waals surface area (Å²) in [6.45, 7) is 20.7. The second kappa shape index (κ2) is 19.3. The van der Waals surface area contributed by atoms with Crippen LogP contribution in [0.5, 0.6) is 5.75 Å². The molecule has 1 amide bonds. The van der Waals surface area contributed by atoms with Gasteiger partial charge in [-0.3, -0.25) is 0 Å². The quantitative estimate of drug-likeness (QED) is 0.101. The average molecular weight is 745 g/mol. The summed E-state index contributed by atoms with van der Waals surface area (Å²) in [5.74, 6) is 0.830. The fourth-order valence-corrected chi connectivity index (χ4v) is 14.3. The zero-order valence-corrected chi connectivity index (χ0v) is 34.5. The predicted molar refractivity (Wildman–Crippen MR) is 217 cm³/mol. The number of benzene rings is 3. The first-order chi connectivity index (χ1) is 25.6. The Kier molecular flexibility index (Phi) is 14.8. The van der Waals surface area contributed by atoms with Crippen LogP contribution in [-0.4, -0.2) is 78.0 Å². The van der Waals surface area contributed by atoms with E-state index in [1.807, 2.05) is 35.2 Å². The second-order valence-electron chi connectivity index (χ2n) is 15.8. The van der Waals surface area contributed by atoms with Gasteiger partial charge in [0.1, 0.15) is 19.0 Å². The maximum absolute atomic E-state index is 13.9. The summed E-state index contributed by atoms with van der Waals surface area (Å²) in [6.07, 6.45) is 2.17. The minimum Gasteiger partial charge on any atom is -0.490 e. The third-order valence-corrected chi connectivity index (χ3v) is 17.4. The van der Waals surface area contributed by atoms with E-state index in [9.17, 15) is 4.79 Å². The van der Waals surface area contributed by atoms with Crippen LogP contribution in [0, 0.1) is 0 Å². The third kappa shape index (κ3) is 10.0. The fourth-order valence-electron chi connectivity index (χ4n) is 8.74. The van der Waals surface area contributed by atoms with Crippen LogP contribution in [0.2, 0.25) is 16.6 Å². The van der Waals surface area contributed by atoms with Crippen LogP contribution in [0.15, 0.2) is 72.8 Å². The number of ether oxygens (including phenoxy) is 4. The first-order valence-corrected chi connectivity index (χ1v) is 22.0. The highest BCUT2D eigenvalue weighted by atomic mass is 28.4. The molecule has 3 aromatic carbocycles. The van der Waals surface area contributed by atoms with Gasteiger partial charge in [0.15, 0.2) is 0 Å². The zero-order chi connectivity index (χ0) is 38.0. The van der Waals surface area contributed by atoms with E-state index in [4.69, 9.17) is 23.4 Å². The van der Waals surface area contributed by atoms with Crippen LogP contribution in [-0.2, 0) is 38.3 Å². The number of rotatable bonds is 17. The van der Waals surface area contributed by atoms with Crippen molar-refractivity contribution in [3.05, 3.63) is 95.1 Å². The average Bonchev–Trinajstić information content (AvgIpc) is 3.15. The molecule has 0 radical (unpaired) electrons. The molecule has 0 spiro atoms. The number of anilines is 1. The van der Waals surface area contributed by atoms with E-state index in [-0.39, 0.29) is 30.8 Å². The Morgan fingerprint density at radius 2 is 1.53 bits per heavy atom. The molecule has 3 aromatic rings. The second-order valence-corrected chi connectivity index (χ2v) is 21.2. The highest BCUT2D eigenvalue weighted by Crippen LogP contribution is 2.46. The topological polar surface area (TPSA) is 69.7 Å². The van der Waals surface area contributed by atoms with Gasteiger partial charge in [-0.1, -0.05) is 116 Å². The van der Waals surface area contributed by atoms with E-state index < -0.39 is 8.32 Å². The van der Waals surface area contributed by atoms with Crippen LogP contribution < -0.4 is 9.64 Å². The van der Waals surface area contributed by atoms with Crippen molar-refractivity contribution in [1.82, 2.24) is 4.90 Å². The summed E-state index contributed by atoms with van der Waals surface area (Å²) >= 11 is 0. The number of amides is 1. The maximum Gasteiger partial charge on any atom is 0.410 e. The van der Waals surface area contributed by atoms with Crippen LogP contribution in [0.4, 0.5) is 10.5 Å². The highest BCUT2D eigenvalue weighted by Gasteiger charge is 2.51. The Hall–Kier alpha value is -3.37. The van der Waals surface area contributed by atoms with Crippen LogP contribution in [0.25, 0.3) is 0 Å². The highest BCUT2D eigenvalue weighted by molar-refractivity contribution is 6.77. The molecule has 0 aromatic heterocycles. The van der Waals surface area contributed by atoms with Crippen LogP contribution in [0.3, 0.4) is 0 Å². The van der Waals surface area contributed by atoms with Crippen molar-refractivity contribution in [2.24, 2.45) is 0 Å². The van der Waals surface area contributed by atoms with Gasteiger partial charge < -0.3 is 33.2 Å². The van der Waals surface area contributed by atoms with E-state index >= 15 is 0 Å². The lowest BCUT2D eigenvalue weighted by Gasteiger charge is -2.50. The largest absolute Gasteiger partial charge is 0.490 e. The lowest BCUT2D eigenvalue weighted by Crippen LogP contribution is -2.59. The molecule has 2 aliphatic rings. The monoisotopic (exact) mass is 744 g/mol. The van der Waals surface area contributed by atoms with E-state index in [1.54, 1.807) is 7.11 Å². The van der Waals surface area contributed by atoms with Gasteiger partial charge in [0.25, 0.3) is 0 Å². The number of hydrogen-bond donors (Lipinski definition) is 0. The number of methoxy groups -OCH3 is 1. The first kappa shape index (κ1) is 40.8. The molecule has 0 bridgehead atoms. The molecule has 290 valence electrons. The van der Waals surface area contributed by atoms with E-state index in [0.29, 0.717) is 42.9 Å². The summed E-state index contributed by atoms with van der Waals surface area (Å²) < 4.78 is 32.0. The Labute approximate surface area is 320 Å². The lowest BCUT2D eigenvalue weighted by molar-refractivity contribution is -0.0663. The van der Waals surface area contributed by atoms with Crippen molar-refractivity contribution in [3.63, 3.8) is 0 Å². The Morgan fingerprint density at radius 1 is 0.849 bits per heavy atom. The Morgan fingerprint density at radius 3 is 2.19 bits per heavy atom. The molecule has 9 heteroatoms. The van der Waals surface area contributed by atoms with Gasteiger partial charge in [-0.05, 0) is 63.9 Å². The first-order valence-electron chi connectivity index (χ1n) is 19.9. The molecule has 53 heavy (non-hydrogen) atoms. The zero-order valence-electron chi connectivity index (χ0n) is 33.5. The van der Waals surface area contributed by atoms with Crippen molar-refractivity contribution < 1.29 is 28.2 Å². The number of fused-ring (bicyclic) bond motifs is 1. The molecular weight excluding hydrogens is 681 g/mol. The van der Waals surface area contributed by atoms with E-state index in [0.717, 1.165) is 61.5 Å². The molecule has 0 saturated carbocycles. The third-order valence-electron chi connectivity index (χ3n) is 11.3. The summed E-state index contributed by atoms with van der Waals surface area (Å²) in [4.78, 5) is 18.2. The number of piperidine rings is 1. The fraction of sp³-hybridized carbons (Fsp3) is 0.568. The maximum atomic E-state index is 13.9. The Bertz CT molecular complexity index is 1540. The van der Waals surface area contributed by atoms with Gasteiger partial charge in [-0.15, -0.1) is 0 Å². The summed E-state index contributed by atoms with van der Waals surface area (Å²) in [5, 5.41) is 0. The van der Waals surface area contributed by atoms with Gasteiger partial charge in [0.2, 0.25) is 8.32 Å². The Balaban J connectivity index is 1.49. The van der Waals surface area contributed by atoms with E-state index in [2.05, 4.69) is 95.8 Å². The molecule has 5 rings (SSSR count). The van der Waals surface area contributed by atoms with Crippen molar-refractivity contribution in [3.8, 4) is 5.75 Å². The number of aryl methyl sites for hydroxylation is 1. The number of nitrogens with zero attached hydrogens (tertiary/aromatic N) is 2. The SMILES string of the molecule is CCCc1ccc([C@@H]2[C@@H](OCc3ccc4c(c3)N(CCCOC)CCO4)CN(C(=O)OCc3ccccc3)C[C@H]2O[Si](C(C)C)(C(C)C)C(C)C)cc1. The molecule has 1 saturated heterocycles. The van der Waals surface area contributed by atoms with Crippen molar-refractivity contribution in [2.75, 3.05) is 51.4 Å². The predicted octanol–water partition coefficient (Wildman–Crippen LogP) is 9.76. The summed E-state index contributed by atoms with van der Waals surface area (Å²) in [5.41, 5.74) is 6.81. The summed E-state index contributed by atoms with van der Waals surface area (Å²) in [7, 11) is -0.619. The minimum absolute atomic E-state index is 0.0709. The van der Waals surface area contributed by atoms with Crippen LogP contribution in [0.1, 0.15) is 89.5 Å². The number of hydrogen-bond acceptors (Lipinski definition) is 7. The molecule has 0 unspecified atom stereocenters. The molecule has 2 heterocycles. The molecule has 3 atom stereocenters. The van der Waals surface area contributed by atoms with Crippen LogP contribution >= 0.6 is 0 Å². The van der Waals surface area contributed by atoms with Crippen molar-refractivity contribution >= 4 is 20.1 Å². The van der Waals surface area contributed by atoms with Crippen molar-refractivity contribution in [1.29, 1.82) is 0 Å². The number of carbonyl (C=O) groups is 1. The van der Waals surface area contributed by atoms with Gasteiger partial charge in [0, 0.05) is 32.7 Å².